The molecule has 0 bridgehead atoms. The van der Waals surface area contributed by atoms with Gasteiger partial charge in [-0.1, -0.05) is 48.0 Å². The second-order valence-corrected chi connectivity index (χ2v) is 7.92. The predicted octanol–water partition coefficient (Wildman–Crippen LogP) is 5.38. The van der Waals surface area contributed by atoms with E-state index in [1.807, 2.05) is 48.5 Å². The summed E-state index contributed by atoms with van der Waals surface area (Å²) in [6.45, 7) is 0. The summed E-state index contributed by atoms with van der Waals surface area (Å²) in [6, 6.07) is 18.4. The van der Waals surface area contributed by atoms with Gasteiger partial charge >= 0.3 is 0 Å². The van der Waals surface area contributed by atoms with Crippen molar-refractivity contribution in [1.29, 1.82) is 0 Å². The lowest BCUT2D eigenvalue weighted by atomic mass is 9.94. The summed E-state index contributed by atoms with van der Waals surface area (Å²) >= 11 is 7.10. The molecule has 1 amide bonds. The maximum absolute atomic E-state index is 12.5. The monoisotopic (exact) mass is 397 g/mol. The smallest absolute Gasteiger partial charge is 0.221 e. The highest BCUT2D eigenvalue weighted by Gasteiger charge is 2.28. The van der Waals surface area contributed by atoms with E-state index in [4.69, 9.17) is 16.3 Å². The molecule has 2 aromatic carbocycles. The lowest BCUT2D eigenvalue weighted by molar-refractivity contribution is -0.121. The molecule has 27 heavy (non-hydrogen) atoms. The number of hydrogen-bond donors (Lipinski definition) is 1. The van der Waals surface area contributed by atoms with Crippen molar-refractivity contribution in [3.63, 3.8) is 0 Å². The molecule has 0 spiro atoms. The highest BCUT2D eigenvalue weighted by Crippen LogP contribution is 2.42. The van der Waals surface area contributed by atoms with Crippen molar-refractivity contribution in [1.82, 2.24) is 5.32 Å². The van der Waals surface area contributed by atoms with Gasteiger partial charge in [-0.15, -0.1) is 11.3 Å². The van der Waals surface area contributed by atoms with Gasteiger partial charge in [-0.05, 0) is 24.3 Å². The third-order valence-corrected chi connectivity index (χ3v) is 5.68. The average molecular weight is 398 g/mol. The summed E-state index contributed by atoms with van der Waals surface area (Å²) in [7, 11) is 0. The quantitative estimate of drug-likeness (QED) is 0.588. The number of ether oxygens (including phenoxy) is 1. The standard InChI is InChI=1S/C21H16ClNO3S/c22-19-11-10-18(27-19)15(24)9-12-20(25)23-21-13-5-1-3-7-16(13)26-17-8-4-2-6-14(17)21/h1-8,10-11,21H,9,12H2,(H,23,25). The molecular formula is C21H16ClNO3S. The number of nitrogens with one attached hydrogen (secondary N) is 1. The molecule has 2 heterocycles. The molecule has 136 valence electrons. The van der Waals surface area contributed by atoms with Gasteiger partial charge in [-0.3, -0.25) is 9.59 Å². The second-order valence-electron chi connectivity index (χ2n) is 6.21. The third kappa shape index (κ3) is 3.75. The first kappa shape index (κ1) is 17.8. The average Bonchev–Trinajstić information content (AvgIpc) is 3.12. The van der Waals surface area contributed by atoms with Crippen LogP contribution in [0.4, 0.5) is 0 Å². The zero-order valence-corrected chi connectivity index (χ0v) is 15.8. The molecule has 1 aliphatic heterocycles. The zero-order valence-electron chi connectivity index (χ0n) is 14.3. The van der Waals surface area contributed by atoms with Crippen LogP contribution in [-0.2, 0) is 4.79 Å². The van der Waals surface area contributed by atoms with Crippen LogP contribution in [0.2, 0.25) is 4.34 Å². The topological polar surface area (TPSA) is 55.4 Å². The predicted molar refractivity (Wildman–Crippen MR) is 106 cm³/mol. The number of hydrogen-bond acceptors (Lipinski definition) is 4. The molecule has 4 nitrogen and oxygen atoms in total. The molecule has 0 fully saturated rings. The summed E-state index contributed by atoms with van der Waals surface area (Å²) in [4.78, 5) is 25.3. The van der Waals surface area contributed by atoms with Crippen molar-refractivity contribution >= 4 is 34.6 Å². The van der Waals surface area contributed by atoms with E-state index in [0.717, 1.165) is 22.6 Å². The van der Waals surface area contributed by atoms with Crippen LogP contribution in [0.3, 0.4) is 0 Å². The van der Waals surface area contributed by atoms with E-state index >= 15 is 0 Å². The van der Waals surface area contributed by atoms with Gasteiger partial charge in [0.25, 0.3) is 0 Å². The van der Waals surface area contributed by atoms with Gasteiger partial charge in [0.15, 0.2) is 5.78 Å². The molecule has 0 radical (unpaired) electrons. The number of rotatable bonds is 5. The summed E-state index contributed by atoms with van der Waals surface area (Å²) in [5.41, 5.74) is 1.81. The van der Waals surface area contributed by atoms with Crippen molar-refractivity contribution in [2.45, 2.75) is 18.9 Å². The lowest BCUT2D eigenvalue weighted by Gasteiger charge is -2.28. The number of carbonyl (C=O) groups excluding carboxylic acids is 2. The Morgan fingerprint density at radius 3 is 2.15 bits per heavy atom. The Kier molecular flexibility index (Phi) is 4.97. The maximum atomic E-state index is 12.5. The van der Waals surface area contributed by atoms with Gasteiger partial charge < -0.3 is 10.1 Å². The number of ketones is 1. The number of amides is 1. The Hall–Kier alpha value is -2.63. The Balaban J connectivity index is 1.49. The Bertz CT molecular complexity index is 968. The molecule has 0 atom stereocenters. The molecule has 0 saturated heterocycles. The van der Waals surface area contributed by atoms with Crippen LogP contribution in [0.25, 0.3) is 0 Å². The number of halogens is 1. The summed E-state index contributed by atoms with van der Waals surface area (Å²) < 4.78 is 6.50. The second kappa shape index (κ2) is 7.55. The highest BCUT2D eigenvalue weighted by atomic mass is 35.5. The van der Waals surface area contributed by atoms with Gasteiger partial charge in [0.1, 0.15) is 11.5 Å². The van der Waals surface area contributed by atoms with Crippen LogP contribution in [0.5, 0.6) is 11.5 Å². The van der Waals surface area contributed by atoms with Crippen molar-refractivity contribution in [2.24, 2.45) is 0 Å². The molecule has 0 unspecified atom stereocenters. The zero-order chi connectivity index (χ0) is 18.8. The highest BCUT2D eigenvalue weighted by molar-refractivity contribution is 7.18. The van der Waals surface area contributed by atoms with Crippen molar-refractivity contribution < 1.29 is 14.3 Å². The normalized spacial score (nSPS) is 12.6. The SMILES string of the molecule is O=C(CCC(=O)c1ccc(Cl)s1)NC1c2ccccc2Oc2ccccc21. The number of benzene rings is 2. The molecule has 1 N–H and O–H groups in total. The van der Waals surface area contributed by atoms with Gasteiger partial charge in [0.2, 0.25) is 5.91 Å². The van der Waals surface area contributed by atoms with Crippen LogP contribution >= 0.6 is 22.9 Å². The maximum Gasteiger partial charge on any atom is 0.221 e. The number of Topliss-reactive ketones (excluding diaryl/α,β-unsaturated/α-hetero) is 1. The molecule has 0 aliphatic carbocycles. The molecule has 3 aromatic rings. The summed E-state index contributed by atoms with van der Waals surface area (Å²) in [5.74, 6) is 1.20. The summed E-state index contributed by atoms with van der Waals surface area (Å²) in [6.07, 6.45) is 0.269. The Labute approximate surface area is 165 Å². The molecule has 6 heteroatoms. The van der Waals surface area contributed by atoms with Gasteiger partial charge in [-0.25, -0.2) is 0 Å². The fourth-order valence-electron chi connectivity index (χ4n) is 3.11. The van der Waals surface area contributed by atoms with Crippen LogP contribution in [0.15, 0.2) is 60.7 Å². The van der Waals surface area contributed by atoms with Crippen molar-refractivity contribution in [3.8, 4) is 11.5 Å². The first-order valence-corrected chi connectivity index (χ1v) is 9.75. The van der Waals surface area contributed by atoms with E-state index in [9.17, 15) is 9.59 Å². The van der Waals surface area contributed by atoms with Crippen LogP contribution in [0, 0.1) is 0 Å². The fourth-order valence-corrected chi connectivity index (χ4v) is 4.12. The first-order valence-electron chi connectivity index (χ1n) is 8.55. The van der Waals surface area contributed by atoms with E-state index in [1.165, 1.54) is 11.3 Å². The van der Waals surface area contributed by atoms with Crippen LogP contribution < -0.4 is 10.1 Å². The molecule has 4 rings (SSSR count). The third-order valence-electron chi connectivity index (χ3n) is 4.41. The van der Waals surface area contributed by atoms with E-state index in [2.05, 4.69) is 5.32 Å². The van der Waals surface area contributed by atoms with Gasteiger partial charge in [-0.2, -0.15) is 0 Å². The first-order chi connectivity index (χ1) is 13.1. The van der Waals surface area contributed by atoms with Crippen LogP contribution in [0.1, 0.15) is 39.7 Å². The van der Waals surface area contributed by atoms with Crippen molar-refractivity contribution in [3.05, 3.63) is 81.0 Å². The molecule has 1 aromatic heterocycles. The number of carbonyl (C=O) groups is 2. The van der Waals surface area contributed by atoms with E-state index < -0.39 is 0 Å². The van der Waals surface area contributed by atoms with Crippen molar-refractivity contribution in [2.75, 3.05) is 0 Å². The number of fused-ring (bicyclic) bond motifs is 2. The fraction of sp³-hybridized carbons (Fsp3) is 0.143. The van der Waals surface area contributed by atoms with E-state index in [-0.39, 0.29) is 30.6 Å². The molecule has 1 aliphatic rings. The lowest BCUT2D eigenvalue weighted by Crippen LogP contribution is -2.31. The molecular weight excluding hydrogens is 382 g/mol. The van der Waals surface area contributed by atoms with E-state index in [0.29, 0.717) is 9.21 Å². The minimum Gasteiger partial charge on any atom is -0.457 e. The Morgan fingerprint density at radius 1 is 0.926 bits per heavy atom. The summed E-state index contributed by atoms with van der Waals surface area (Å²) in [5, 5.41) is 3.05. The minimum atomic E-state index is -0.301. The number of para-hydroxylation sites is 2. The largest absolute Gasteiger partial charge is 0.457 e. The molecule has 0 saturated carbocycles. The van der Waals surface area contributed by atoms with Crippen LogP contribution in [-0.4, -0.2) is 11.7 Å². The van der Waals surface area contributed by atoms with E-state index in [1.54, 1.807) is 12.1 Å². The number of thiophene rings is 1. The Morgan fingerprint density at radius 2 is 1.56 bits per heavy atom. The van der Waals surface area contributed by atoms with Gasteiger partial charge in [0, 0.05) is 24.0 Å². The van der Waals surface area contributed by atoms with Gasteiger partial charge in [0.05, 0.1) is 15.3 Å². The minimum absolute atomic E-state index is 0.0742.